The average molecular weight is 415 g/mol. The molecule has 1 N–H and O–H groups in total. The molecule has 0 saturated heterocycles. The minimum absolute atomic E-state index is 0.0530. The molecule has 0 aliphatic rings. The maximum Gasteiger partial charge on any atom is 0.224 e. The first-order valence-corrected chi connectivity index (χ1v) is 9.10. The highest BCUT2D eigenvalue weighted by molar-refractivity contribution is 5.91. The van der Waals surface area contributed by atoms with E-state index in [1.165, 1.54) is 44.2 Å². The Morgan fingerprint density at radius 2 is 1.80 bits per heavy atom. The Labute approximate surface area is 172 Å². The summed E-state index contributed by atoms with van der Waals surface area (Å²) in [6.45, 7) is 1.72. The average Bonchev–Trinajstić information content (AvgIpc) is 3.18. The maximum atomic E-state index is 14.2. The fraction of sp³-hybridized carbons (Fsp3) is 0.300. The standard InChI is InChI=1S/C20H22FN5O4/c1-12-23-24-25-26(12)14-6-7-15(21)16(11-14)22-19(27)8-5-13-9-17(28-2)20(30-4)18(10-13)29-3/h6-7,9-11H,5,8H2,1-4H3,(H,22,27). The Bertz CT molecular complexity index is 1030. The molecule has 0 atom stereocenters. The fourth-order valence-electron chi connectivity index (χ4n) is 2.96. The molecule has 0 bridgehead atoms. The lowest BCUT2D eigenvalue weighted by Gasteiger charge is -2.14. The van der Waals surface area contributed by atoms with Crippen molar-refractivity contribution in [2.75, 3.05) is 26.6 Å². The van der Waals surface area contributed by atoms with Crippen molar-refractivity contribution >= 4 is 11.6 Å². The van der Waals surface area contributed by atoms with Gasteiger partial charge in [-0.2, -0.15) is 4.68 Å². The van der Waals surface area contributed by atoms with E-state index in [2.05, 4.69) is 20.8 Å². The first kappa shape index (κ1) is 21.0. The number of aryl methyl sites for hydroxylation is 2. The molecule has 0 radical (unpaired) electrons. The van der Waals surface area contributed by atoms with Gasteiger partial charge in [0.1, 0.15) is 5.82 Å². The lowest BCUT2D eigenvalue weighted by molar-refractivity contribution is -0.116. The number of rotatable bonds is 8. The van der Waals surface area contributed by atoms with Crippen LogP contribution in [0.1, 0.15) is 17.8 Å². The van der Waals surface area contributed by atoms with Crippen molar-refractivity contribution < 1.29 is 23.4 Å². The molecule has 0 aliphatic carbocycles. The van der Waals surface area contributed by atoms with E-state index in [1.807, 2.05) is 0 Å². The summed E-state index contributed by atoms with van der Waals surface area (Å²) in [5.41, 5.74) is 1.41. The molecular weight excluding hydrogens is 393 g/mol. The van der Waals surface area contributed by atoms with Crippen molar-refractivity contribution in [3.05, 3.63) is 47.5 Å². The summed E-state index contributed by atoms with van der Waals surface area (Å²) in [5.74, 6) is 1.13. The van der Waals surface area contributed by atoms with E-state index in [4.69, 9.17) is 14.2 Å². The van der Waals surface area contributed by atoms with Gasteiger partial charge in [-0.05, 0) is 59.7 Å². The summed E-state index contributed by atoms with van der Waals surface area (Å²) in [6, 6.07) is 7.82. The van der Waals surface area contributed by atoms with Crippen LogP contribution in [0.2, 0.25) is 0 Å². The largest absolute Gasteiger partial charge is 0.493 e. The predicted molar refractivity (Wildman–Crippen MR) is 107 cm³/mol. The van der Waals surface area contributed by atoms with Crippen molar-refractivity contribution in [1.82, 2.24) is 20.2 Å². The summed E-state index contributed by atoms with van der Waals surface area (Å²) >= 11 is 0. The van der Waals surface area contributed by atoms with Crippen LogP contribution in [0.4, 0.5) is 10.1 Å². The number of hydrogen-bond donors (Lipinski definition) is 1. The SMILES string of the molecule is COc1cc(CCC(=O)Nc2cc(-n3nnnc3C)ccc2F)cc(OC)c1OC. The number of anilines is 1. The van der Waals surface area contributed by atoms with E-state index < -0.39 is 5.82 Å². The van der Waals surface area contributed by atoms with Gasteiger partial charge in [-0.1, -0.05) is 0 Å². The van der Waals surface area contributed by atoms with Crippen LogP contribution < -0.4 is 19.5 Å². The van der Waals surface area contributed by atoms with E-state index in [-0.39, 0.29) is 18.0 Å². The van der Waals surface area contributed by atoms with Crippen molar-refractivity contribution in [2.24, 2.45) is 0 Å². The summed E-state index contributed by atoms with van der Waals surface area (Å²) in [4.78, 5) is 12.4. The quantitative estimate of drug-likeness (QED) is 0.604. The third kappa shape index (κ3) is 4.48. The fourth-order valence-corrected chi connectivity index (χ4v) is 2.96. The molecule has 0 unspecified atom stereocenters. The Morgan fingerprint density at radius 3 is 2.37 bits per heavy atom. The van der Waals surface area contributed by atoms with Crippen molar-refractivity contribution in [3.63, 3.8) is 0 Å². The maximum absolute atomic E-state index is 14.2. The Morgan fingerprint density at radius 1 is 1.10 bits per heavy atom. The highest BCUT2D eigenvalue weighted by Crippen LogP contribution is 2.38. The molecule has 0 aliphatic heterocycles. The van der Waals surface area contributed by atoms with E-state index in [0.29, 0.717) is 35.2 Å². The first-order valence-electron chi connectivity index (χ1n) is 9.10. The zero-order valence-electron chi connectivity index (χ0n) is 17.1. The molecule has 1 aromatic heterocycles. The number of ether oxygens (including phenoxy) is 3. The molecule has 9 nitrogen and oxygen atoms in total. The van der Waals surface area contributed by atoms with Crippen LogP contribution in [-0.2, 0) is 11.2 Å². The Kier molecular flexibility index (Phi) is 6.45. The van der Waals surface area contributed by atoms with Gasteiger partial charge in [-0.25, -0.2) is 4.39 Å². The van der Waals surface area contributed by atoms with E-state index in [9.17, 15) is 9.18 Å². The van der Waals surface area contributed by atoms with Crippen molar-refractivity contribution in [2.45, 2.75) is 19.8 Å². The highest BCUT2D eigenvalue weighted by Gasteiger charge is 2.15. The number of tetrazole rings is 1. The second kappa shape index (κ2) is 9.21. The van der Waals surface area contributed by atoms with Crippen molar-refractivity contribution in [1.29, 1.82) is 0 Å². The van der Waals surface area contributed by atoms with Gasteiger partial charge in [0.25, 0.3) is 0 Å². The molecule has 0 fully saturated rings. The van der Waals surface area contributed by atoms with Crippen LogP contribution in [0, 0.1) is 12.7 Å². The molecule has 10 heteroatoms. The highest BCUT2D eigenvalue weighted by atomic mass is 19.1. The van der Waals surface area contributed by atoms with Crippen LogP contribution in [0.5, 0.6) is 17.2 Å². The molecular formula is C20H22FN5O4. The summed E-state index contributed by atoms with van der Waals surface area (Å²) in [6.07, 6.45) is 0.530. The molecule has 0 saturated carbocycles. The third-order valence-corrected chi connectivity index (χ3v) is 4.46. The molecule has 30 heavy (non-hydrogen) atoms. The lowest BCUT2D eigenvalue weighted by Crippen LogP contribution is -2.14. The zero-order valence-corrected chi connectivity index (χ0v) is 17.1. The van der Waals surface area contributed by atoms with Gasteiger partial charge in [0.15, 0.2) is 17.3 Å². The van der Waals surface area contributed by atoms with Gasteiger partial charge < -0.3 is 19.5 Å². The van der Waals surface area contributed by atoms with Crippen LogP contribution in [0.15, 0.2) is 30.3 Å². The van der Waals surface area contributed by atoms with E-state index in [1.54, 1.807) is 19.1 Å². The molecule has 1 heterocycles. The van der Waals surface area contributed by atoms with Gasteiger partial charge in [0.05, 0.1) is 32.7 Å². The molecule has 1 amide bonds. The smallest absolute Gasteiger partial charge is 0.224 e. The number of nitrogens with zero attached hydrogens (tertiary/aromatic N) is 4. The zero-order chi connectivity index (χ0) is 21.7. The summed E-state index contributed by atoms with van der Waals surface area (Å²) in [7, 11) is 4.57. The number of carbonyl (C=O) groups is 1. The Balaban J connectivity index is 1.72. The van der Waals surface area contributed by atoms with Crippen LogP contribution in [0.25, 0.3) is 5.69 Å². The van der Waals surface area contributed by atoms with Gasteiger partial charge in [0.2, 0.25) is 11.7 Å². The number of aromatic nitrogens is 4. The van der Waals surface area contributed by atoms with E-state index in [0.717, 1.165) is 5.56 Å². The lowest BCUT2D eigenvalue weighted by atomic mass is 10.1. The third-order valence-electron chi connectivity index (χ3n) is 4.46. The van der Waals surface area contributed by atoms with Gasteiger partial charge in [0, 0.05) is 6.42 Å². The van der Waals surface area contributed by atoms with Crippen molar-refractivity contribution in [3.8, 4) is 22.9 Å². The first-order chi connectivity index (χ1) is 14.5. The van der Waals surface area contributed by atoms with Gasteiger partial charge in [-0.3, -0.25) is 4.79 Å². The monoisotopic (exact) mass is 415 g/mol. The second-order valence-corrected chi connectivity index (χ2v) is 6.38. The number of amides is 1. The summed E-state index contributed by atoms with van der Waals surface area (Å²) in [5, 5.41) is 13.8. The molecule has 3 aromatic rings. The Hall–Kier alpha value is -3.69. The van der Waals surface area contributed by atoms with E-state index >= 15 is 0 Å². The number of methoxy groups -OCH3 is 3. The molecule has 2 aromatic carbocycles. The number of halogens is 1. The number of benzene rings is 2. The second-order valence-electron chi connectivity index (χ2n) is 6.38. The topological polar surface area (TPSA) is 100 Å². The van der Waals surface area contributed by atoms with Gasteiger partial charge in [-0.15, -0.1) is 5.10 Å². The number of carbonyl (C=O) groups excluding carboxylic acids is 1. The minimum atomic E-state index is -0.550. The van der Waals surface area contributed by atoms with Crippen LogP contribution in [-0.4, -0.2) is 47.4 Å². The molecule has 3 rings (SSSR count). The summed E-state index contributed by atoms with van der Waals surface area (Å²) < 4.78 is 31.6. The number of hydrogen-bond acceptors (Lipinski definition) is 7. The minimum Gasteiger partial charge on any atom is -0.493 e. The van der Waals surface area contributed by atoms with Gasteiger partial charge >= 0.3 is 0 Å². The van der Waals surface area contributed by atoms with Crippen LogP contribution >= 0.6 is 0 Å². The molecule has 158 valence electrons. The number of nitrogens with one attached hydrogen (secondary N) is 1. The predicted octanol–water partition coefficient (Wildman–Crippen LogP) is 2.71. The van der Waals surface area contributed by atoms with Crippen LogP contribution in [0.3, 0.4) is 0 Å². The normalized spacial score (nSPS) is 10.6. The molecule has 0 spiro atoms.